The highest BCUT2D eigenvalue weighted by Crippen LogP contribution is 2.41. The number of halogens is 2. The van der Waals surface area contributed by atoms with Crippen LogP contribution in [0.15, 0.2) is 66.2 Å². The Balaban J connectivity index is 1.49. The van der Waals surface area contributed by atoms with Crippen molar-refractivity contribution in [3.63, 3.8) is 0 Å². The van der Waals surface area contributed by atoms with Crippen LogP contribution in [0.5, 0.6) is 23.0 Å². The first-order valence-corrected chi connectivity index (χ1v) is 13.7. The molecule has 9 nitrogen and oxygen atoms in total. The largest absolute Gasteiger partial charge is 0.495 e. The van der Waals surface area contributed by atoms with Crippen LogP contribution in [-0.2, 0) is 16.2 Å². The molecule has 0 bridgehead atoms. The number of hydrogen-bond acceptors (Lipinski definition) is 7. The topological polar surface area (TPSA) is 103 Å². The average molecular weight is 621 g/mol. The summed E-state index contributed by atoms with van der Waals surface area (Å²) in [5.74, 6) is -0.862. The molecule has 4 aromatic rings. The second kappa shape index (κ2) is 12.2. The number of anilines is 1. The van der Waals surface area contributed by atoms with Gasteiger partial charge in [-0.1, -0.05) is 59.6 Å². The van der Waals surface area contributed by atoms with Crippen molar-refractivity contribution in [3.8, 4) is 23.0 Å². The van der Waals surface area contributed by atoms with E-state index >= 15 is 0 Å². The second-order valence-corrected chi connectivity index (χ2v) is 10.3. The van der Waals surface area contributed by atoms with Gasteiger partial charge in [-0.05, 0) is 47.0 Å². The minimum atomic E-state index is -0.960. The van der Waals surface area contributed by atoms with Crippen molar-refractivity contribution in [3.05, 3.63) is 93.0 Å². The summed E-state index contributed by atoms with van der Waals surface area (Å²) in [6.07, 6.45) is 1.31. The Morgan fingerprint density at radius 2 is 1.56 bits per heavy atom. The fourth-order valence-corrected chi connectivity index (χ4v) is 5.31. The Bertz CT molecular complexity index is 1820. The molecule has 11 heteroatoms. The van der Waals surface area contributed by atoms with Gasteiger partial charge in [0.2, 0.25) is 0 Å². The van der Waals surface area contributed by atoms with Gasteiger partial charge in [-0.3, -0.25) is 14.9 Å². The predicted octanol–water partition coefficient (Wildman–Crippen LogP) is 6.73. The summed E-state index contributed by atoms with van der Waals surface area (Å²) in [7, 11) is 4.20. The Hall–Kier alpha value is -4.73. The van der Waals surface area contributed by atoms with Crippen LogP contribution in [0.3, 0.4) is 0 Å². The molecule has 0 radical (unpaired) electrons. The molecule has 1 saturated heterocycles. The van der Waals surface area contributed by atoms with E-state index in [-0.39, 0.29) is 45.2 Å². The quantitative estimate of drug-likeness (QED) is 0.172. The van der Waals surface area contributed by atoms with Crippen molar-refractivity contribution < 1.29 is 33.3 Å². The normalized spacial score (nSPS) is 14.2. The van der Waals surface area contributed by atoms with E-state index < -0.39 is 17.8 Å². The zero-order valence-electron chi connectivity index (χ0n) is 23.6. The fourth-order valence-electron chi connectivity index (χ4n) is 4.81. The number of urea groups is 1. The van der Waals surface area contributed by atoms with Gasteiger partial charge >= 0.3 is 6.03 Å². The Kier molecular flexibility index (Phi) is 8.47. The zero-order chi connectivity index (χ0) is 30.8. The van der Waals surface area contributed by atoms with Crippen molar-refractivity contribution in [1.29, 1.82) is 0 Å². The van der Waals surface area contributed by atoms with E-state index in [1.54, 1.807) is 6.07 Å². The molecule has 5 rings (SSSR count). The molecule has 1 fully saturated rings. The molecule has 0 aliphatic carbocycles. The van der Waals surface area contributed by atoms with Crippen LogP contribution in [0, 0.1) is 6.92 Å². The minimum absolute atomic E-state index is 0.0349. The highest BCUT2D eigenvalue weighted by molar-refractivity contribution is 6.40. The number of nitrogens with zero attached hydrogens (tertiary/aromatic N) is 1. The summed E-state index contributed by atoms with van der Waals surface area (Å²) >= 11 is 12.8. The number of rotatable bonds is 8. The van der Waals surface area contributed by atoms with Gasteiger partial charge in [-0.15, -0.1) is 0 Å². The molecule has 1 N–H and O–H groups in total. The van der Waals surface area contributed by atoms with E-state index in [4.69, 9.17) is 42.1 Å². The van der Waals surface area contributed by atoms with Crippen LogP contribution in [0.2, 0.25) is 10.0 Å². The summed E-state index contributed by atoms with van der Waals surface area (Å²) in [5.41, 5.74) is 2.14. The van der Waals surface area contributed by atoms with Crippen LogP contribution >= 0.6 is 23.2 Å². The van der Waals surface area contributed by atoms with Gasteiger partial charge in [0.15, 0.2) is 11.5 Å². The first kappa shape index (κ1) is 29.8. The number of ether oxygens (including phenoxy) is 4. The molecular weight excluding hydrogens is 595 g/mol. The van der Waals surface area contributed by atoms with Gasteiger partial charge in [0.05, 0.1) is 37.1 Å². The summed E-state index contributed by atoms with van der Waals surface area (Å²) in [4.78, 5) is 40.0. The molecule has 1 aliphatic heterocycles. The minimum Gasteiger partial charge on any atom is -0.495 e. The maximum atomic E-state index is 13.6. The number of carbonyl (C=O) groups excluding carboxylic acids is 3. The molecule has 0 unspecified atom stereocenters. The highest BCUT2D eigenvalue weighted by atomic mass is 35.5. The number of methoxy groups -OCH3 is 3. The fraction of sp³-hybridized carbons (Fsp3) is 0.156. The molecule has 4 amide bonds. The molecule has 0 atom stereocenters. The second-order valence-electron chi connectivity index (χ2n) is 9.52. The van der Waals surface area contributed by atoms with E-state index in [1.165, 1.54) is 45.6 Å². The van der Waals surface area contributed by atoms with E-state index in [9.17, 15) is 14.4 Å². The third-order valence-corrected chi connectivity index (χ3v) is 7.57. The number of barbiturate groups is 1. The Morgan fingerprint density at radius 3 is 2.28 bits per heavy atom. The highest BCUT2D eigenvalue weighted by Gasteiger charge is 2.38. The molecule has 220 valence electrons. The summed E-state index contributed by atoms with van der Waals surface area (Å²) in [6.45, 7) is 2.24. The molecule has 43 heavy (non-hydrogen) atoms. The molecule has 1 aliphatic rings. The zero-order valence-corrected chi connectivity index (χ0v) is 25.1. The first-order valence-electron chi connectivity index (χ1n) is 13.0. The lowest BCUT2D eigenvalue weighted by Gasteiger charge is -2.28. The maximum Gasteiger partial charge on any atom is 0.336 e. The molecule has 4 aromatic carbocycles. The van der Waals surface area contributed by atoms with Gasteiger partial charge in [-0.2, -0.15) is 0 Å². The number of aryl methyl sites for hydroxylation is 1. The van der Waals surface area contributed by atoms with Gasteiger partial charge < -0.3 is 18.9 Å². The number of benzene rings is 4. The third kappa shape index (κ3) is 5.69. The summed E-state index contributed by atoms with van der Waals surface area (Å²) in [5, 5.41) is 4.74. The average Bonchev–Trinajstić information content (AvgIpc) is 2.99. The Morgan fingerprint density at radius 1 is 0.837 bits per heavy atom. The molecule has 0 aromatic heterocycles. The Labute approximate surface area is 257 Å². The lowest BCUT2D eigenvalue weighted by Crippen LogP contribution is -2.54. The van der Waals surface area contributed by atoms with Gasteiger partial charge in [0.25, 0.3) is 11.8 Å². The lowest BCUT2D eigenvalue weighted by molar-refractivity contribution is -0.122. The molecule has 1 heterocycles. The van der Waals surface area contributed by atoms with Crippen molar-refractivity contribution in [2.45, 2.75) is 13.5 Å². The molecule has 0 spiro atoms. The van der Waals surface area contributed by atoms with E-state index in [2.05, 4.69) is 11.4 Å². The van der Waals surface area contributed by atoms with Gasteiger partial charge in [-0.25, -0.2) is 9.69 Å². The lowest BCUT2D eigenvalue weighted by atomic mass is 10.0. The van der Waals surface area contributed by atoms with E-state index in [0.717, 1.165) is 26.8 Å². The standard InChI is InChI=1S/C32H26Cl2N2O7/c1-17-9-10-19-7-5-6-8-20(19)22(17)16-43-29-24(34)12-18(13-28(29)42-4)11-21-30(37)35-32(39)36(31(21)38)25-15-26(40-2)23(33)14-27(25)41-3/h5-15H,16H2,1-4H3,(H,35,37,39)/b21-11+. The number of hydrogen-bond donors (Lipinski definition) is 1. The predicted molar refractivity (Wildman–Crippen MR) is 165 cm³/mol. The molecular formula is C32H26Cl2N2O7. The number of fused-ring (bicyclic) bond motifs is 1. The number of amides is 4. The summed E-state index contributed by atoms with van der Waals surface area (Å²) < 4.78 is 22.3. The van der Waals surface area contributed by atoms with Crippen molar-refractivity contribution >= 4 is 63.6 Å². The van der Waals surface area contributed by atoms with E-state index in [0.29, 0.717) is 11.3 Å². The van der Waals surface area contributed by atoms with Crippen LogP contribution in [0.25, 0.3) is 16.8 Å². The SMILES string of the molecule is COc1cc(N2C(=O)NC(=O)/C(=C\c3cc(Cl)c(OCc4c(C)ccc5ccccc45)c(OC)c3)C2=O)c(OC)cc1Cl. The maximum absolute atomic E-state index is 13.6. The molecule has 0 saturated carbocycles. The van der Waals surface area contributed by atoms with Crippen LogP contribution in [0.1, 0.15) is 16.7 Å². The third-order valence-electron chi connectivity index (χ3n) is 6.99. The van der Waals surface area contributed by atoms with Crippen molar-refractivity contribution in [2.24, 2.45) is 0 Å². The van der Waals surface area contributed by atoms with Crippen LogP contribution in [-0.4, -0.2) is 39.2 Å². The number of imide groups is 2. The van der Waals surface area contributed by atoms with Gasteiger partial charge in [0, 0.05) is 17.7 Å². The number of nitrogens with one attached hydrogen (secondary N) is 1. The van der Waals surface area contributed by atoms with E-state index in [1.807, 2.05) is 37.3 Å². The van der Waals surface area contributed by atoms with Crippen molar-refractivity contribution in [1.82, 2.24) is 5.32 Å². The van der Waals surface area contributed by atoms with Crippen molar-refractivity contribution in [2.75, 3.05) is 26.2 Å². The smallest absolute Gasteiger partial charge is 0.336 e. The summed E-state index contributed by atoms with van der Waals surface area (Å²) in [6, 6.07) is 17.0. The van der Waals surface area contributed by atoms with Gasteiger partial charge in [0.1, 0.15) is 23.7 Å². The first-order chi connectivity index (χ1) is 20.7. The van der Waals surface area contributed by atoms with Crippen LogP contribution in [0.4, 0.5) is 10.5 Å². The van der Waals surface area contributed by atoms with Crippen LogP contribution < -0.4 is 29.2 Å². The monoisotopic (exact) mass is 620 g/mol. The number of carbonyl (C=O) groups is 3.